The van der Waals surface area contributed by atoms with Crippen LogP contribution in [0, 0.1) is 11.3 Å². The fourth-order valence-electron chi connectivity index (χ4n) is 1.86. The maximum absolute atomic E-state index is 12.0. The van der Waals surface area contributed by atoms with Crippen molar-refractivity contribution in [2.24, 2.45) is 0 Å². The minimum Gasteiger partial charge on any atom is -0.495 e. The van der Waals surface area contributed by atoms with E-state index in [9.17, 15) is 4.79 Å². The molecule has 1 N–H and O–H groups in total. The fraction of sp³-hybridized carbons (Fsp3) is 0.385. The summed E-state index contributed by atoms with van der Waals surface area (Å²) in [6, 6.07) is 7.03. The van der Waals surface area contributed by atoms with Crippen molar-refractivity contribution in [3.8, 4) is 11.8 Å². The molecule has 4 nitrogen and oxygen atoms in total. The Labute approximate surface area is 110 Å². The molecular weight excluding hydrogens is 248 g/mol. The molecule has 94 valence electrons. The molecule has 1 saturated heterocycles. The Hall–Kier alpha value is -1.67. The molecular formula is C13H14N2O2S. The normalized spacial score (nSPS) is 18.1. The molecule has 1 aromatic rings. The molecule has 1 aliphatic heterocycles. The summed E-state index contributed by atoms with van der Waals surface area (Å²) in [5.74, 6) is 1.58. The van der Waals surface area contributed by atoms with Crippen LogP contribution in [0.5, 0.6) is 5.75 Å². The molecule has 1 unspecified atom stereocenters. The average Bonchev–Trinajstić information content (AvgIpc) is 2.93. The number of carbonyl (C=O) groups is 1. The quantitative estimate of drug-likeness (QED) is 0.908. The molecule has 0 bridgehead atoms. The van der Waals surface area contributed by atoms with Crippen molar-refractivity contribution >= 4 is 23.4 Å². The number of anilines is 1. The van der Waals surface area contributed by atoms with Gasteiger partial charge in [0.1, 0.15) is 5.75 Å². The third-order valence-electron chi connectivity index (χ3n) is 2.81. The first-order valence-corrected chi connectivity index (χ1v) is 6.80. The van der Waals surface area contributed by atoms with Crippen molar-refractivity contribution in [2.45, 2.75) is 18.1 Å². The zero-order valence-corrected chi connectivity index (χ0v) is 10.9. The Morgan fingerprint density at radius 1 is 1.61 bits per heavy atom. The Bertz CT molecular complexity index is 490. The number of hydrogen-bond donors (Lipinski definition) is 1. The first kappa shape index (κ1) is 12.8. The van der Waals surface area contributed by atoms with Crippen LogP contribution >= 0.6 is 11.8 Å². The highest BCUT2D eigenvalue weighted by atomic mass is 32.2. The van der Waals surface area contributed by atoms with Gasteiger partial charge in [-0.25, -0.2) is 0 Å². The van der Waals surface area contributed by atoms with Crippen LogP contribution in [0.15, 0.2) is 18.2 Å². The molecule has 0 spiro atoms. The van der Waals surface area contributed by atoms with Crippen LogP contribution in [0.4, 0.5) is 5.69 Å². The second-order valence-electron chi connectivity index (χ2n) is 4.02. The van der Waals surface area contributed by atoms with E-state index in [1.807, 2.05) is 6.07 Å². The molecule has 1 fully saturated rings. The minimum absolute atomic E-state index is 0.0144. The van der Waals surface area contributed by atoms with Gasteiger partial charge in [-0.05, 0) is 30.7 Å². The van der Waals surface area contributed by atoms with E-state index in [1.165, 1.54) is 7.11 Å². The van der Waals surface area contributed by atoms with Gasteiger partial charge in [0.2, 0.25) is 5.91 Å². The van der Waals surface area contributed by atoms with Crippen LogP contribution < -0.4 is 10.1 Å². The minimum atomic E-state index is 0.0144. The zero-order chi connectivity index (χ0) is 13.0. The number of hydrogen-bond acceptors (Lipinski definition) is 4. The maximum atomic E-state index is 12.0. The summed E-state index contributed by atoms with van der Waals surface area (Å²) < 4.78 is 5.18. The Morgan fingerprint density at radius 3 is 3.06 bits per heavy atom. The van der Waals surface area contributed by atoms with Crippen LogP contribution in [0.2, 0.25) is 0 Å². The summed E-state index contributed by atoms with van der Waals surface area (Å²) in [5.41, 5.74) is 1.13. The number of ether oxygens (including phenoxy) is 1. The summed E-state index contributed by atoms with van der Waals surface area (Å²) >= 11 is 1.69. The number of benzene rings is 1. The van der Waals surface area contributed by atoms with E-state index in [1.54, 1.807) is 30.0 Å². The molecule has 0 aliphatic carbocycles. The van der Waals surface area contributed by atoms with Gasteiger partial charge < -0.3 is 10.1 Å². The lowest BCUT2D eigenvalue weighted by molar-refractivity contribution is -0.115. The van der Waals surface area contributed by atoms with E-state index in [2.05, 4.69) is 5.32 Å². The predicted octanol–water partition coefficient (Wildman–Crippen LogP) is 2.40. The van der Waals surface area contributed by atoms with Crippen molar-refractivity contribution in [1.29, 1.82) is 5.26 Å². The van der Waals surface area contributed by atoms with Crippen molar-refractivity contribution in [2.75, 3.05) is 18.2 Å². The van der Waals surface area contributed by atoms with Crippen LogP contribution in [-0.2, 0) is 4.79 Å². The highest BCUT2D eigenvalue weighted by Gasteiger charge is 2.24. The number of nitriles is 1. The molecule has 5 heteroatoms. The van der Waals surface area contributed by atoms with Gasteiger partial charge >= 0.3 is 0 Å². The Balaban J connectivity index is 2.13. The van der Waals surface area contributed by atoms with E-state index in [4.69, 9.17) is 10.00 Å². The van der Waals surface area contributed by atoms with Crippen molar-refractivity contribution in [1.82, 2.24) is 0 Å². The third kappa shape index (κ3) is 2.77. The second kappa shape index (κ2) is 5.78. The first-order chi connectivity index (χ1) is 8.74. The average molecular weight is 262 g/mol. The van der Waals surface area contributed by atoms with E-state index in [-0.39, 0.29) is 11.2 Å². The zero-order valence-electron chi connectivity index (χ0n) is 10.1. The molecule has 1 amide bonds. The molecule has 0 saturated carbocycles. The summed E-state index contributed by atoms with van der Waals surface area (Å²) in [4.78, 5) is 12.0. The van der Waals surface area contributed by atoms with Gasteiger partial charge in [0.25, 0.3) is 0 Å². The molecule has 1 aromatic carbocycles. The fourth-order valence-corrected chi connectivity index (χ4v) is 3.02. The summed E-state index contributed by atoms with van der Waals surface area (Å²) in [5, 5.41) is 11.7. The van der Waals surface area contributed by atoms with E-state index >= 15 is 0 Å². The third-order valence-corrected chi connectivity index (χ3v) is 4.19. The largest absolute Gasteiger partial charge is 0.495 e. The highest BCUT2D eigenvalue weighted by Crippen LogP contribution is 2.30. The monoisotopic (exact) mass is 262 g/mol. The van der Waals surface area contributed by atoms with Gasteiger partial charge in [-0.15, -0.1) is 11.8 Å². The molecule has 2 rings (SSSR count). The molecule has 0 aromatic heterocycles. The number of methoxy groups -OCH3 is 1. The number of carbonyl (C=O) groups excluding carboxylic acids is 1. The van der Waals surface area contributed by atoms with Gasteiger partial charge in [-0.1, -0.05) is 0 Å². The summed E-state index contributed by atoms with van der Waals surface area (Å²) in [7, 11) is 1.52. The van der Waals surface area contributed by atoms with Crippen LogP contribution in [-0.4, -0.2) is 24.0 Å². The van der Waals surface area contributed by atoms with E-state index in [0.29, 0.717) is 17.0 Å². The standard InChI is InChI=1S/C13H14N2O2S/c1-17-11-7-9(8-14)4-5-10(11)15-13(16)12-3-2-6-18-12/h4-5,7,12H,2-3,6H2,1H3,(H,15,16). The smallest absolute Gasteiger partial charge is 0.237 e. The van der Waals surface area contributed by atoms with Crippen molar-refractivity contribution in [3.05, 3.63) is 23.8 Å². The van der Waals surface area contributed by atoms with Gasteiger partial charge in [-0.3, -0.25) is 4.79 Å². The van der Waals surface area contributed by atoms with Crippen molar-refractivity contribution in [3.63, 3.8) is 0 Å². The van der Waals surface area contributed by atoms with E-state index in [0.717, 1.165) is 18.6 Å². The number of nitrogens with one attached hydrogen (secondary N) is 1. The predicted molar refractivity (Wildman–Crippen MR) is 71.8 cm³/mol. The lowest BCUT2D eigenvalue weighted by Gasteiger charge is -2.13. The topological polar surface area (TPSA) is 62.1 Å². The lowest BCUT2D eigenvalue weighted by atomic mass is 10.2. The summed E-state index contributed by atoms with van der Waals surface area (Å²) in [6.45, 7) is 0. The molecule has 1 heterocycles. The molecule has 1 aliphatic rings. The number of amides is 1. The van der Waals surface area contributed by atoms with Gasteiger partial charge in [-0.2, -0.15) is 5.26 Å². The Kier molecular flexibility index (Phi) is 4.11. The van der Waals surface area contributed by atoms with Gasteiger partial charge in [0, 0.05) is 6.07 Å². The molecule has 1 atom stereocenters. The van der Waals surface area contributed by atoms with Crippen molar-refractivity contribution < 1.29 is 9.53 Å². The highest BCUT2D eigenvalue weighted by molar-refractivity contribution is 8.00. The van der Waals surface area contributed by atoms with Crippen LogP contribution in [0.3, 0.4) is 0 Å². The summed E-state index contributed by atoms with van der Waals surface area (Å²) in [6.07, 6.45) is 2.02. The van der Waals surface area contributed by atoms with E-state index < -0.39 is 0 Å². The van der Waals surface area contributed by atoms with Crippen LogP contribution in [0.25, 0.3) is 0 Å². The number of nitrogens with zero attached hydrogens (tertiary/aromatic N) is 1. The maximum Gasteiger partial charge on any atom is 0.237 e. The number of thioether (sulfide) groups is 1. The first-order valence-electron chi connectivity index (χ1n) is 5.75. The SMILES string of the molecule is COc1cc(C#N)ccc1NC(=O)C1CCCS1. The molecule has 18 heavy (non-hydrogen) atoms. The van der Waals surface area contributed by atoms with Gasteiger partial charge in [0.15, 0.2) is 0 Å². The number of rotatable bonds is 3. The molecule has 0 radical (unpaired) electrons. The lowest BCUT2D eigenvalue weighted by Crippen LogP contribution is -2.23. The van der Waals surface area contributed by atoms with Gasteiger partial charge in [0.05, 0.1) is 29.7 Å². The second-order valence-corrected chi connectivity index (χ2v) is 5.33. The Morgan fingerprint density at radius 2 is 2.44 bits per heavy atom. The van der Waals surface area contributed by atoms with Crippen LogP contribution in [0.1, 0.15) is 18.4 Å².